The Morgan fingerprint density at radius 3 is 2.44 bits per heavy atom. The van der Waals surface area contributed by atoms with Gasteiger partial charge in [0.2, 0.25) is 0 Å². The summed E-state index contributed by atoms with van der Waals surface area (Å²) in [5.41, 5.74) is 6.77. The molecule has 0 amide bonds. The molecule has 1 aliphatic carbocycles. The van der Waals surface area contributed by atoms with Gasteiger partial charge in [-0.3, -0.25) is 0 Å². The quantitative estimate of drug-likeness (QED) is 0.778. The Morgan fingerprint density at radius 2 is 1.94 bits per heavy atom. The summed E-state index contributed by atoms with van der Waals surface area (Å²) < 4.78 is 0. The summed E-state index contributed by atoms with van der Waals surface area (Å²) in [6, 6.07) is 0.486. The highest BCUT2D eigenvalue weighted by Gasteiger charge is 2.30. The van der Waals surface area contributed by atoms with Crippen molar-refractivity contribution >= 4 is 0 Å². The first-order valence-corrected chi connectivity index (χ1v) is 7.11. The van der Waals surface area contributed by atoms with E-state index < -0.39 is 0 Å². The first kappa shape index (κ1) is 12.4. The average molecular weight is 224 g/mol. The van der Waals surface area contributed by atoms with Crippen LogP contribution in [0.4, 0.5) is 0 Å². The normalized spacial score (nSPS) is 27.9. The van der Waals surface area contributed by atoms with Gasteiger partial charge >= 0.3 is 0 Å². The van der Waals surface area contributed by atoms with Crippen LogP contribution < -0.4 is 5.73 Å². The summed E-state index contributed by atoms with van der Waals surface area (Å²) in [5, 5.41) is 0. The molecule has 2 nitrogen and oxygen atoms in total. The van der Waals surface area contributed by atoms with Gasteiger partial charge in [-0.2, -0.15) is 0 Å². The molecule has 0 aromatic heterocycles. The van der Waals surface area contributed by atoms with Crippen LogP contribution in [0.5, 0.6) is 0 Å². The topological polar surface area (TPSA) is 29.3 Å². The zero-order valence-corrected chi connectivity index (χ0v) is 11.0. The number of nitrogens with two attached hydrogens (primary N) is 1. The Morgan fingerprint density at radius 1 is 1.31 bits per heavy atom. The Labute approximate surface area is 101 Å². The second-order valence-electron chi connectivity index (χ2n) is 6.30. The third-order valence-corrected chi connectivity index (χ3v) is 4.92. The minimum atomic E-state index is 0.486. The zero-order chi connectivity index (χ0) is 11.6. The largest absolute Gasteiger partial charge is 0.327 e. The summed E-state index contributed by atoms with van der Waals surface area (Å²) >= 11 is 0. The van der Waals surface area contributed by atoms with Crippen LogP contribution in [0, 0.1) is 11.3 Å². The van der Waals surface area contributed by atoms with Gasteiger partial charge in [0.25, 0.3) is 0 Å². The van der Waals surface area contributed by atoms with E-state index in [-0.39, 0.29) is 0 Å². The van der Waals surface area contributed by atoms with Crippen molar-refractivity contribution < 1.29 is 0 Å². The molecule has 94 valence electrons. The fourth-order valence-corrected chi connectivity index (χ4v) is 2.76. The predicted octanol–water partition coefficient (Wildman–Crippen LogP) is 2.63. The van der Waals surface area contributed by atoms with Crippen molar-refractivity contribution in [2.75, 3.05) is 19.6 Å². The van der Waals surface area contributed by atoms with E-state index in [0.717, 1.165) is 5.92 Å². The van der Waals surface area contributed by atoms with Crippen molar-refractivity contribution in [1.29, 1.82) is 0 Å². The maximum Gasteiger partial charge on any atom is 0.00793 e. The van der Waals surface area contributed by atoms with Gasteiger partial charge < -0.3 is 10.6 Å². The van der Waals surface area contributed by atoms with Crippen LogP contribution in [-0.2, 0) is 0 Å². The van der Waals surface area contributed by atoms with E-state index in [9.17, 15) is 0 Å². The molecule has 16 heavy (non-hydrogen) atoms. The smallest absolute Gasteiger partial charge is 0.00793 e. The SMILES string of the molecule is CCC1(C)CCN(CCC(N)C2CC2)CC1. The van der Waals surface area contributed by atoms with Gasteiger partial charge in [-0.25, -0.2) is 0 Å². The molecule has 1 aliphatic heterocycles. The monoisotopic (exact) mass is 224 g/mol. The molecule has 2 rings (SSSR count). The minimum Gasteiger partial charge on any atom is -0.327 e. The van der Waals surface area contributed by atoms with Gasteiger partial charge in [-0.05, 0) is 63.1 Å². The lowest BCUT2D eigenvalue weighted by molar-refractivity contribution is 0.112. The van der Waals surface area contributed by atoms with Gasteiger partial charge in [-0.15, -0.1) is 0 Å². The molecule has 2 heteroatoms. The van der Waals surface area contributed by atoms with E-state index in [1.807, 2.05) is 0 Å². The first-order valence-electron chi connectivity index (χ1n) is 7.11. The lowest BCUT2D eigenvalue weighted by Gasteiger charge is -2.39. The van der Waals surface area contributed by atoms with Crippen LogP contribution in [-0.4, -0.2) is 30.6 Å². The molecule has 1 atom stereocenters. The van der Waals surface area contributed by atoms with Crippen LogP contribution in [0.1, 0.15) is 52.4 Å². The van der Waals surface area contributed by atoms with Crippen LogP contribution in [0.15, 0.2) is 0 Å². The van der Waals surface area contributed by atoms with Crippen molar-refractivity contribution in [2.24, 2.45) is 17.1 Å². The van der Waals surface area contributed by atoms with E-state index in [1.165, 1.54) is 58.2 Å². The zero-order valence-electron chi connectivity index (χ0n) is 11.0. The molecule has 0 aromatic rings. The molecule has 1 saturated heterocycles. The Balaban J connectivity index is 1.65. The molecule has 2 fully saturated rings. The molecule has 2 aliphatic rings. The second-order valence-corrected chi connectivity index (χ2v) is 6.30. The summed E-state index contributed by atoms with van der Waals surface area (Å²) in [6.45, 7) is 8.60. The van der Waals surface area contributed by atoms with Gasteiger partial charge in [0.1, 0.15) is 0 Å². The predicted molar refractivity (Wildman–Crippen MR) is 69.4 cm³/mol. The summed E-state index contributed by atoms with van der Waals surface area (Å²) in [4.78, 5) is 2.62. The van der Waals surface area contributed by atoms with Gasteiger partial charge in [0, 0.05) is 6.04 Å². The standard InChI is InChI=1S/C14H28N2/c1-3-14(2)7-10-16(11-8-14)9-6-13(15)12-4-5-12/h12-13H,3-11,15H2,1-2H3. The van der Waals surface area contributed by atoms with Crippen molar-refractivity contribution in [1.82, 2.24) is 4.90 Å². The molecule has 0 aromatic carbocycles. The van der Waals surface area contributed by atoms with Gasteiger partial charge in [0.15, 0.2) is 0 Å². The molecule has 0 spiro atoms. The van der Waals surface area contributed by atoms with E-state index in [4.69, 9.17) is 5.73 Å². The van der Waals surface area contributed by atoms with Crippen LogP contribution in [0.25, 0.3) is 0 Å². The third kappa shape index (κ3) is 3.21. The Kier molecular flexibility index (Phi) is 3.91. The highest BCUT2D eigenvalue weighted by Crippen LogP contribution is 2.35. The van der Waals surface area contributed by atoms with Crippen molar-refractivity contribution in [3.05, 3.63) is 0 Å². The van der Waals surface area contributed by atoms with Crippen LogP contribution in [0.3, 0.4) is 0 Å². The number of likely N-dealkylation sites (tertiary alicyclic amines) is 1. The van der Waals surface area contributed by atoms with Gasteiger partial charge in [0.05, 0.1) is 0 Å². The highest BCUT2D eigenvalue weighted by molar-refractivity contribution is 4.86. The van der Waals surface area contributed by atoms with E-state index in [2.05, 4.69) is 18.7 Å². The molecule has 1 heterocycles. The summed E-state index contributed by atoms with van der Waals surface area (Å²) in [6.07, 6.45) is 8.07. The number of nitrogens with zero attached hydrogens (tertiary/aromatic N) is 1. The Hall–Kier alpha value is -0.0800. The number of hydrogen-bond donors (Lipinski definition) is 1. The highest BCUT2D eigenvalue weighted by atomic mass is 15.1. The molecule has 0 radical (unpaired) electrons. The summed E-state index contributed by atoms with van der Waals surface area (Å²) in [5.74, 6) is 0.866. The maximum absolute atomic E-state index is 6.15. The fourth-order valence-electron chi connectivity index (χ4n) is 2.76. The van der Waals surface area contributed by atoms with E-state index >= 15 is 0 Å². The second kappa shape index (κ2) is 5.05. The summed E-state index contributed by atoms with van der Waals surface area (Å²) in [7, 11) is 0. The first-order chi connectivity index (χ1) is 7.63. The van der Waals surface area contributed by atoms with E-state index in [1.54, 1.807) is 0 Å². The number of rotatable bonds is 5. The molecular weight excluding hydrogens is 196 g/mol. The van der Waals surface area contributed by atoms with Crippen molar-refractivity contribution in [2.45, 2.75) is 58.4 Å². The van der Waals surface area contributed by atoms with Gasteiger partial charge in [-0.1, -0.05) is 20.3 Å². The maximum atomic E-state index is 6.15. The minimum absolute atomic E-state index is 0.486. The Bertz CT molecular complexity index is 215. The van der Waals surface area contributed by atoms with Crippen molar-refractivity contribution in [3.63, 3.8) is 0 Å². The lowest BCUT2D eigenvalue weighted by Crippen LogP contribution is -2.40. The number of piperidine rings is 1. The molecule has 1 unspecified atom stereocenters. The van der Waals surface area contributed by atoms with E-state index in [0.29, 0.717) is 11.5 Å². The molecule has 2 N–H and O–H groups in total. The lowest BCUT2D eigenvalue weighted by atomic mass is 9.78. The fraction of sp³-hybridized carbons (Fsp3) is 1.00. The third-order valence-electron chi connectivity index (χ3n) is 4.92. The average Bonchev–Trinajstić information content (AvgIpc) is 3.12. The van der Waals surface area contributed by atoms with Crippen molar-refractivity contribution in [3.8, 4) is 0 Å². The molecule has 0 bridgehead atoms. The number of hydrogen-bond acceptors (Lipinski definition) is 2. The van der Waals surface area contributed by atoms with Crippen LogP contribution in [0.2, 0.25) is 0 Å². The van der Waals surface area contributed by atoms with Crippen LogP contribution >= 0.6 is 0 Å². The molecule has 1 saturated carbocycles. The molecular formula is C14H28N2.